The summed E-state index contributed by atoms with van der Waals surface area (Å²) in [6.07, 6.45) is 3.16. The van der Waals surface area contributed by atoms with Gasteiger partial charge in [0.15, 0.2) is 6.61 Å². The molecular formula is C32H33NO4. The molecule has 0 aromatic heterocycles. The topological polar surface area (TPSA) is 59.0 Å². The van der Waals surface area contributed by atoms with E-state index in [4.69, 9.17) is 14.6 Å². The van der Waals surface area contributed by atoms with Crippen LogP contribution >= 0.6 is 0 Å². The third-order valence-electron chi connectivity index (χ3n) is 7.19. The number of anilines is 2. The van der Waals surface area contributed by atoms with Gasteiger partial charge in [0.2, 0.25) is 0 Å². The van der Waals surface area contributed by atoms with Gasteiger partial charge in [-0.2, -0.15) is 0 Å². The first-order valence-electron chi connectivity index (χ1n) is 13.0. The average Bonchev–Trinajstić information content (AvgIpc) is 2.91. The van der Waals surface area contributed by atoms with E-state index in [1.807, 2.05) is 36.4 Å². The van der Waals surface area contributed by atoms with Crippen LogP contribution in [0.4, 0.5) is 11.4 Å². The minimum absolute atomic E-state index is 0.0533. The molecule has 0 saturated heterocycles. The zero-order valence-corrected chi connectivity index (χ0v) is 21.4. The van der Waals surface area contributed by atoms with Crippen LogP contribution in [0.5, 0.6) is 11.5 Å². The standard InChI is InChI=1S/C32H33NO4/c1-22(27-14-8-11-24-10-3-4-13-28(24)27)9-7-12-26-20-33(29-15-5-6-16-31(29)37-26)30-19-25(18-17-23(30)2)36-21-32(34)35/h3-6,8,10-11,13-19,22,26H,7,9,12,20-21H2,1-2H3,(H,34,35)/t22-,26?/m0/s1. The summed E-state index contributed by atoms with van der Waals surface area (Å²) in [7, 11) is 0. The van der Waals surface area contributed by atoms with E-state index >= 15 is 0 Å². The lowest BCUT2D eigenvalue weighted by atomic mass is 9.90. The first kappa shape index (κ1) is 24.7. The number of para-hydroxylation sites is 2. The zero-order chi connectivity index (χ0) is 25.8. The van der Waals surface area contributed by atoms with Crippen molar-refractivity contribution in [3.63, 3.8) is 0 Å². The second-order valence-corrected chi connectivity index (χ2v) is 9.85. The summed E-state index contributed by atoms with van der Waals surface area (Å²) in [5, 5.41) is 11.6. The van der Waals surface area contributed by atoms with Gasteiger partial charge in [0, 0.05) is 11.8 Å². The SMILES string of the molecule is Cc1ccc(OCC(=O)O)cc1N1CC(CCC[C@H](C)c2cccc3ccccc23)Oc2ccccc21. The van der Waals surface area contributed by atoms with Crippen LogP contribution in [0.1, 0.15) is 43.2 Å². The van der Waals surface area contributed by atoms with Crippen molar-refractivity contribution in [1.82, 2.24) is 0 Å². The molecule has 1 N–H and O–H groups in total. The fourth-order valence-electron chi connectivity index (χ4n) is 5.28. The molecule has 1 unspecified atom stereocenters. The van der Waals surface area contributed by atoms with Crippen LogP contribution in [0.15, 0.2) is 84.9 Å². The fraction of sp³-hybridized carbons (Fsp3) is 0.281. The van der Waals surface area contributed by atoms with Crippen molar-refractivity contribution < 1.29 is 19.4 Å². The average molecular weight is 496 g/mol. The normalized spacial score (nSPS) is 15.6. The lowest BCUT2D eigenvalue weighted by Crippen LogP contribution is -2.37. The molecule has 4 aromatic rings. The van der Waals surface area contributed by atoms with Crippen LogP contribution in [0, 0.1) is 6.92 Å². The summed E-state index contributed by atoms with van der Waals surface area (Å²) in [5.41, 5.74) is 4.53. The number of carboxylic acids is 1. The molecule has 5 rings (SSSR count). The van der Waals surface area contributed by atoms with Crippen LogP contribution in [-0.2, 0) is 4.79 Å². The van der Waals surface area contributed by atoms with Crippen LogP contribution in [0.3, 0.4) is 0 Å². The Bertz CT molecular complexity index is 1390. The van der Waals surface area contributed by atoms with Crippen molar-refractivity contribution >= 4 is 28.1 Å². The van der Waals surface area contributed by atoms with Crippen molar-refractivity contribution in [2.24, 2.45) is 0 Å². The Hall–Kier alpha value is -3.99. The maximum atomic E-state index is 11.0. The molecule has 5 nitrogen and oxygen atoms in total. The van der Waals surface area contributed by atoms with Gasteiger partial charge in [-0.1, -0.05) is 67.6 Å². The Morgan fingerprint density at radius 3 is 2.68 bits per heavy atom. The maximum Gasteiger partial charge on any atom is 0.341 e. The smallest absolute Gasteiger partial charge is 0.341 e. The number of aliphatic carboxylic acids is 1. The summed E-state index contributed by atoms with van der Waals surface area (Å²) in [6, 6.07) is 29.0. The molecule has 0 fully saturated rings. The minimum atomic E-state index is -0.989. The summed E-state index contributed by atoms with van der Waals surface area (Å²) < 4.78 is 11.9. The molecule has 190 valence electrons. The summed E-state index contributed by atoms with van der Waals surface area (Å²) in [5.74, 6) is 0.893. The van der Waals surface area contributed by atoms with Crippen molar-refractivity contribution in [3.8, 4) is 11.5 Å². The first-order valence-corrected chi connectivity index (χ1v) is 13.0. The van der Waals surface area contributed by atoms with E-state index in [0.717, 1.165) is 48.5 Å². The number of aryl methyl sites for hydroxylation is 1. The molecule has 0 bridgehead atoms. The molecule has 0 spiro atoms. The Labute approximate surface area is 218 Å². The monoisotopic (exact) mass is 495 g/mol. The summed E-state index contributed by atoms with van der Waals surface area (Å²) >= 11 is 0. The lowest BCUT2D eigenvalue weighted by Gasteiger charge is -2.37. The molecule has 0 amide bonds. The van der Waals surface area contributed by atoms with Crippen LogP contribution in [-0.4, -0.2) is 30.3 Å². The van der Waals surface area contributed by atoms with Gasteiger partial charge >= 0.3 is 5.97 Å². The molecule has 1 aliphatic rings. The van der Waals surface area contributed by atoms with E-state index in [0.29, 0.717) is 11.7 Å². The Morgan fingerprint density at radius 2 is 1.81 bits per heavy atom. The molecule has 4 aromatic carbocycles. The van der Waals surface area contributed by atoms with Gasteiger partial charge in [0.25, 0.3) is 0 Å². The highest BCUT2D eigenvalue weighted by molar-refractivity contribution is 5.86. The molecule has 2 atom stereocenters. The molecule has 1 aliphatic heterocycles. The number of rotatable bonds is 9. The zero-order valence-electron chi connectivity index (χ0n) is 21.4. The third kappa shape index (κ3) is 5.56. The maximum absolute atomic E-state index is 11.0. The van der Waals surface area contributed by atoms with E-state index in [9.17, 15) is 4.79 Å². The summed E-state index contributed by atoms with van der Waals surface area (Å²) in [6.45, 7) is 4.74. The van der Waals surface area contributed by atoms with Gasteiger partial charge in [0.1, 0.15) is 17.6 Å². The molecule has 0 radical (unpaired) electrons. The molecule has 0 saturated carbocycles. The number of hydrogen-bond acceptors (Lipinski definition) is 4. The third-order valence-corrected chi connectivity index (χ3v) is 7.19. The number of nitrogens with zero attached hydrogens (tertiary/aromatic N) is 1. The van der Waals surface area contributed by atoms with Gasteiger partial charge < -0.3 is 19.5 Å². The number of hydrogen-bond donors (Lipinski definition) is 1. The van der Waals surface area contributed by atoms with Crippen LogP contribution < -0.4 is 14.4 Å². The number of carboxylic acid groups (broad SMARTS) is 1. The molecule has 5 heteroatoms. The number of fused-ring (bicyclic) bond motifs is 2. The number of ether oxygens (including phenoxy) is 2. The van der Waals surface area contributed by atoms with Gasteiger partial charge in [-0.3, -0.25) is 0 Å². The minimum Gasteiger partial charge on any atom is -0.486 e. The highest BCUT2D eigenvalue weighted by atomic mass is 16.5. The van der Waals surface area contributed by atoms with Gasteiger partial charge in [-0.05, 0) is 72.2 Å². The highest BCUT2D eigenvalue weighted by Crippen LogP contribution is 2.41. The lowest BCUT2D eigenvalue weighted by molar-refractivity contribution is -0.139. The van der Waals surface area contributed by atoms with Gasteiger partial charge in [-0.15, -0.1) is 0 Å². The quantitative estimate of drug-likeness (QED) is 0.261. The van der Waals surface area contributed by atoms with E-state index in [2.05, 4.69) is 67.3 Å². The fourth-order valence-corrected chi connectivity index (χ4v) is 5.28. The second kappa shape index (κ2) is 11.0. The predicted molar refractivity (Wildman–Crippen MR) is 148 cm³/mol. The molecule has 0 aliphatic carbocycles. The largest absolute Gasteiger partial charge is 0.486 e. The van der Waals surface area contributed by atoms with E-state index < -0.39 is 5.97 Å². The molecule has 1 heterocycles. The number of benzene rings is 4. The summed E-state index contributed by atoms with van der Waals surface area (Å²) in [4.78, 5) is 13.3. The van der Waals surface area contributed by atoms with E-state index in [1.165, 1.54) is 16.3 Å². The molecule has 37 heavy (non-hydrogen) atoms. The second-order valence-electron chi connectivity index (χ2n) is 9.85. The highest BCUT2D eigenvalue weighted by Gasteiger charge is 2.27. The Morgan fingerprint density at radius 1 is 1.03 bits per heavy atom. The predicted octanol–water partition coefficient (Wildman–Crippen LogP) is 7.48. The van der Waals surface area contributed by atoms with Crippen molar-refractivity contribution in [2.75, 3.05) is 18.1 Å². The van der Waals surface area contributed by atoms with Gasteiger partial charge in [-0.25, -0.2) is 4.79 Å². The Kier molecular flexibility index (Phi) is 7.31. The van der Waals surface area contributed by atoms with Crippen LogP contribution in [0.2, 0.25) is 0 Å². The van der Waals surface area contributed by atoms with Crippen molar-refractivity contribution in [3.05, 3.63) is 96.1 Å². The Balaban J connectivity index is 1.31. The van der Waals surface area contributed by atoms with Gasteiger partial charge in [0.05, 0.1) is 12.2 Å². The van der Waals surface area contributed by atoms with Crippen LogP contribution in [0.25, 0.3) is 10.8 Å². The van der Waals surface area contributed by atoms with Crippen molar-refractivity contribution in [2.45, 2.75) is 45.1 Å². The molecular weight excluding hydrogens is 462 g/mol. The van der Waals surface area contributed by atoms with Crippen molar-refractivity contribution in [1.29, 1.82) is 0 Å². The first-order chi connectivity index (χ1) is 18.0. The van der Waals surface area contributed by atoms with E-state index in [1.54, 1.807) is 0 Å². The van der Waals surface area contributed by atoms with E-state index in [-0.39, 0.29) is 12.7 Å². The number of carbonyl (C=O) groups is 1.